The van der Waals surface area contributed by atoms with Crippen LogP contribution in [0, 0.1) is 6.92 Å². The SMILES string of the molecule is CCOC(=O)C1=C(CN2CCN(S(=O)(=O)c3ccccc3)CC2)N(CC)C(=O)N[C@@H]1c1cccc(C)c1. The highest BCUT2D eigenvalue weighted by Gasteiger charge is 2.39. The van der Waals surface area contributed by atoms with Gasteiger partial charge in [0, 0.05) is 45.0 Å². The maximum absolute atomic E-state index is 13.3. The summed E-state index contributed by atoms with van der Waals surface area (Å²) in [7, 11) is -3.58. The summed E-state index contributed by atoms with van der Waals surface area (Å²) >= 11 is 0. The van der Waals surface area contributed by atoms with Crippen molar-refractivity contribution in [1.29, 1.82) is 0 Å². The molecule has 2 amide bonds. The first-order chi connectivity index (χ1) is 17.8. The van der Waals surface area contributed by atoms with Crippen LogP contribution in [-0.2, 0) is 19.6 Å². The van der Waals surface area contributed by atoms with Crippen molar-refractivity contribution in [2.24, 2.45) is 0 Å². The van der Waals surface area contributed by atoms with E-state index in [1.54, 1.807) is 42.2 Å². The average Bonchev–Trinajstić information content (AvgIpc) is 2.89. The van der Waals surface area contributed by atoms with Crippen molar-refractivity contribution in [1.82, 2.24) is 19.4 Å². The maximum atomic E-state index is 13.3. The van der Waals surface area contributed by atoms with E-state index in [4.69, 9.17) is 4.74 Å². The number of carbonyl (C=O) groups excluding carboxylic acids is 2. The quantitative estimate of drug-likeness (QED) is 0.531. The molecular weight excluding hydrogens is 492 g/mol. The van der Waals surface area contributed by atoms with Crippen LogP contribution in [-0.4, -0.2) is 80.4 Å². The monoisotopic (exact) mass is 526 g/mol. The Morgan fingerprint density at radius 1 is 1.03 bits per heavy atom. The summed E-state index contributed by atoms with van der Waals surface area (Å²) in [5.41, 5.74) is 2.83. The van der Waals surface area contributed by atoms with E-state index in [9.17, 15) is 18.0 Å². The van der Waals surface area contributed by atoms with Gasteiger partial charge in [0.1, 0.15) is 0 Å². The number of hydrogen-bond acceptors (Lipinski definition) is 6. The second kappa shape index (κ2) is 11.5. The summed E-state index contributed by atoms with van der Waals surface area (Å²) in [5, 5.41) is 2.98. The van der Waals surface area contributed by atoms with Crippen molar-refractivity contribution < 1.29 is 22.7 Å². The van der Waals surface area contributed by atoms with Crippen molar-refractivity contribution >= 4 is 22.0 Å². The molecule has 0 unspecified atom stereocenters. The van der Waals surface area contributed by atoms with E-state index < -0.39 is 22.0 Å². The number of hydrogen-bond donors (Lipinski definition) is 1. The third kappa shape index (κ3) is 5.71. The predicted octanol–water partition coefficient (Wildman–Crippen LogP) is 2.90. The van der Waals surface area contributed by atoms with Crippen LogP contribution in [0.15, 0.2) is 70.8 Å². The Hall–Kier alpha value is -3.21. The second-order valence-corrected chi connectivity index (χ2v) is 11.1. The second-order valence-electron chi connectivity index (χ2n) is 9.12. The maximum Gasteiger partial charge on any atom is 0.338 e. The first-order valence-corrected chi connectivity index (χ1v) is 14.0. The van der Waals surface area contributed by atoms with Gasteiger partial charge in [-0.05, 0) is 38.5 Å². The van der Waals surface area contributed by atoms with Crippen LogP contribution in [0.25, 0.3) is 0 Å². The molecule has 0 spiro atoms. The van der Waals surface area contributed by atoms with Gasteiger partial charge in [-0.25, -0.2) is 18.0 Å². The molecule has 0 radical (unpaired) electrons. The standard InChI is InChI=1S/C27H34N4O5S/c1-4-31-23(19-29-14-16-30(17-15-29)37(34,35)22-12-7-6-8-13-22)24(26(32)36-5-2)25(28-27(31)33)21-11-9-10-20(3)18-21/h6-13,18,25H,4-5,14-17,19H2,1-3H3,(H,28,33)/t25-/m1/s1. The van der Waals surface area contributed by atoms with Crippen LogP contribution >= 0.6 is 0 Å². The Kier molecular flexibility index (Phi) is 8.31. The molecule has 0 aliphatic carbocycles. The van der Waals surface area contributed by atoms with Gasteiger partial charge in [0.05, 0.1) is 23.1 Å². The first kappa shape index (κ1) is 26.8. The Morgan fingerprint density at radius 2 is 1.73 bits per heavy atom. The van der Waals surface area contributed by atoms with Gasteiger partial charge in [0.15, 0.2) is 0 Å². The zero-order valence-electron chi connectivity index (χ0n) is 21.5. The molecule has 1 atom stereocenters. The van der Waals surface area contributed by atoms with Crippen molar-refractivity contribution in [3.05, 3.63) is 77.0 Å². The summed E-state index contributed by atoms with van der Waals surface area (Å²) in [6.45, 7) is 8.09. The number of sulfonamides is 1. The van der Waals surface area contributed by atoms with Crippen LogP contribution < -0.4 is 5.32 Å². The molecule has 37 heavy (non-hydrogen) atoms. The number of benzene rings is 2. The molecule has 2 aromatic carbocycles. The number of nitrogens with zero attached hydrogens (tertiary/aromatic N) is 3. The molecular formula is C27H34N4O5S. The number of aryl methyl sites for hydroxylation is 1. The number of urea groups is 1. The van der Waals surface area contributed by atoms with Crippen LogP contribution in [0.1, 0.15) is 31.0 Å². The van der Waals surface area contributed by atoms with Gasteiger partial charge in [-0.3, -0.25) is 9.80 Å². The van der Waals surface area contributed by atoms with Crippen LogP contribution in [0.4, 0.5) is 4.79 Å². The Bertz CT molecular complexity index is 1270. The highest BCUT2D eigenvalue weighted by Crippen LogP contribution is 2.32. The van der Waals surface area contributed by atoms with Crippen molar-refractivity contribution in [3.8, 4) is 0 Å². The molecule has 1 fully saturated rings. The normalized spacial score (nSPS) is 19.6. The van der Waals surface area contributed by atoms with Gasteiger partial charge >= 0.3 is 12.0 Å². The van der Waals surface area contributed by atoms with E-state index in [1.807, 2.05) is 38.1 Å². The molecule has 0 aromatic heterocycles. The molecule has 0 bridgehead atoms. The van der Waals surface area contributed by atoms with Crippen LogP contribution in [0.3, 0.4) is 0 Å². The molecule has 1 N–H and O–H groups in total. The predicted molar refractivity (Wildman–Crippen MR) is 140 cm³/mol. The number of ether oxygens (including phenoxy) is 1. The smallest absolute Gasteiger partial charge is 0.338 e. The van der Waals surface area contributed by atoms with Crippen molar-refractivity contribution in [3.63, 3.8) is 0 Å². The lowest BCUT2D eigenvalue weighted by Crippen LogP contribution is -2.53. The molecule has 10 heteroatoms. The van der Waals surface area contributed by atoms with Crippen molar-refractivity contribution in [2.45, 2.75) is 31.7 Å². The van der Waals surface area contributed by atoms with E-state index in [1.165, 1.54) is 4.31 Å². The number of likely N-dealkylation sites (N-methyl/N-ethyl adjacent to an activating group) is 1. The van der Waals surface area contributed by atoms with Crippen molar-refractivity contribution in [2.75, 3.05) is 45.9 Å². The number of piperazine rings is 1. The Balaban J connectivity index is 1.62. The molecule has 2 heterocycles. The molecule has 2 aliphatic heterocycles. The van der Waals surface area contributed by atoms with Crippen LogP contribution in [0.5, 0.6) is 0 Å². The minimum absolute atomic E-state index is 0.215. The lowest BCUT2D eigenvalue weighted by Gasteiger charge is -2.40. The summed E-state index contributed by atoms with van der Waals surface area (Å²) in [6, 6.07) is 15.2. The minimum atomic E-state index is -3.58. The van der Waals surface area contributed by atoms with E-state index in [0.717, 1.165) is 11.1 Å². The molecule has 198 valence electrons. The van der Waals surface area contributed by atoms with E-state index in [2.05, 4.69) is 10.2 Å². The molecule has 0 saturated carbocycles. The van der Waals surface area contributed by atoms with Gasteiger partial charge in [-0.2, -0.15) is 4.31 Å². The Labute approximate surface area is 218 Å². The fourth-order valence-corrected chi connectivity index (χ4v) is 6.28. The topological polar surface area (TPSA) is 99.3 Å². The summed E-state index contributed by atoms with van der Waals surface area (Å²) < 4.78 is 33.0. The number of amides is 2. The highest BCUT2D eigenvalue weighted by molar-refractivity contribution is 7.89. The molecule has 1 saturated heterocycles. The molecule has 4 rings (SSSR count). The minimum Gasteiger partial charge on any atom is -0.463 e. The number of rotatable bonds is 8. The molecule has 9 nitrogen and oxygen atoms in total. The number of nitrogens with one attached hydrogen (secondary N) is 1. The summed E-state index contributed by atoms with van der Waals surface area (Å²) in [6.07, 6.45) is 0. The third-order valence-corrected chi connectivity index (χ3v) is 8.62. The van der Waals surface area contributed by atoms with E-state index in [-0.39, 0.29) is 17.5 Å². The zero-order valence-corrected chi connectivity index (χ0v) is 22.3. The lowest BCUT2D eigenvalue weighted by molar-refractivity contribution is -0.139. The van der Waals surface area contributed by atoms with Gasteiger partial charge in [0.25, 0.3) is 0 Å². The number of esters is 1. The summed E-state index contributed by atoms with van der Waals surface area (Å²) in [5.74, 6) is -0.465. The number of carbonyl (C=O) groups is 2. The van der Waals surface area contributed by atoms with Gasteiger partial charge in [-0.15, -0.1) is 0 Å². The van der Waals surface area contributed by atoms with Crippen LogP contribution in [0.2, 0.25) is 0 Å². The van der Waals surface area contributed by atoms with E-state index in [0.29, 0.717) is 50.5 Å². The molecule has 2 aliphatic rings. The van der Waals surface area contributed by atoms with Gasteiger partial charge in [-0.1, -0.05) is 48.0 Å². The lowest BCUT2D eigenvalue weighted by atomic mass is 9.93. The van der Waals surface area contributed by atoms with Gasteiger partial charge in [0.2, 0.25) is 10.0 Å². The van der Waals surface area contributed by atoms with Gasteiger partial charge < -0.3 is 10.1 Å². The largest absolute Gasteiger partial charge is 0.463 e. The first-order valence-electron chi connectivity index (χ1n) is 12.6. The fourth-order valence-electron chi connectivity index (χ4n) is 4.84. The fraction of sp³-hybridized carbons (Fsp3) is 0.407. The third-order valence-electron chi connectivity index (χ3n) is 6.71. The average molecular weight is 527 g/mol. The van der Waals surface area contributed by atoms with E-state index >= 15 is 0 Å². The Morgan fingerprint density at radius 3 is 2.35 bits per heavy atom. The summed E-state index contributed by atoms with van der Waals surface area (Å²) in [4.78, 5) is 30.3. The molecule has 2 aromatic rings. The highest BCUT2D eigenvalue weighted by atomic mass is 32.2. The zero-order chi connectivity index (χ0) is 26.6.